The van der Waals surface area contributed by atoms with E-state index in [1.807, 2.05) is 32.0 Å². The predicted octanol–water partition coefficient (Wildman–Crippen LogP) is 2.82. The fourth-order valence-corrected chi connectivity index (χ4v) is 6.08. The summed E-state index contributed by atoms with van der Waals surface area (Å²) < 4.78 is 36.9. The second kappa shape index (κ2) is 10.4. The van der Waals surface area contributed by atoms with Crippen LogP contribution >= 0.6 is 0 Å². The van der Waals surface area contributed by atoms with Gasteiger partial charge in [0.25, 0.3) is 0 Å². The molecule has 0 radical (unpaired) electrons. The Kier molecular flexibility index (Phi) is 7.17. The van der Waals surface area contributed by atoms with Crippen LogP contribution in [-0.2, 0) is 9.84 Å². The Balaban J connectivity index is 1.59. The molecule has 1 aliphatic rings. The first kappa shape index (κ1) is 26.8. The highest BCUT2D eigenvalue weighted by atomic mass is 32.2. The molecule has 5 heterocycles. The third-order valence-corrected chi connectivity index (χ3v) is 8.09. The molecule has 0 bridgehead atoms. The van der Waals surface area contributed by atoms with Crippen molar-refractivity contribution < 1.29 is 23.0 Å². The third-order valence-electron chi connectivity index (χ3n) is 7.06. The standard InChI is InChI=1S/C27H32N6O5S/c1-16(14-34)38-27-9-20(32-13-19(18(32)3)15-39(5,35)36)8-26(31-27)33-24-10-23(30-17(2)21(24)12-29-33)22-11-28-7-6-25(22)37-4/h6-12,16,18-19,34H,13-15H2,1-5H3/t16?,18-,19-/m1/s1. The maximum atomic E-state index is 11.9. The number of hydrogen-bond donors (Lipinski definition) is 1. The van der Waals surface area contributed by atoms with Crippen molar-refractivity contribution in [1.29, 1.82) is 0 Å². The SMILES string of the molecule is COc1ccncc1-c1cc2c(cnn2-c2cc(N3C[C@H](CS(C)(=O)=O)[C@H]3C)cc(OC(C)CO)n2)c(C)n1. The van der Waals surface area contributed by atoms with Gasteiger partial charge in [0.2, 0.25) is 5.88 Å². The van der Waals surface area contributed by atoms with Crippen LogP contribution in [0.4, 0.5) is 5.69 Å². The van der Waals surface area contributed by atoms with Crippen LogP contribution in [0.5, 0.6) is 11.6 Å². The van der Waals surface area contributed by atoms with Crippen LogP contribution in [0, 0.1) is 12.8 Å². The molecular formula is C27H32N6O5S. The molecule has 3 atom stereocenters. The average Bonchev–Trinajstić information content (AvgIpc) is 3.34. The van der Waals surface area contributed by atoms with E-state index in [4.69, 9.17) is 19.4 Å². The Morgan fingerprint density at radius 3 is 2.69 bits per heavy atom. The second-order valence-electron chi connectivity index (χ2n) is 10.0. The Morgan fingerprint density at radius 2 is 2.00 bits per heavy atom. The largest absolute Gasteiger partial charge is 0.496 e. The van der Waals surface area contributed by atoms with E-state index >= 15 is 0 Å². The molecule has 0 amide bonds. The first-order chi connectivity index (χ1) is 18.6. The normalized spacial score (nSPS) is 18.2. The lowest BCUT2D eigenvalue weighted by molar-refractivity contribution is 0.125. The molecule has 1 aliphatic heterocycles. The molecule has 11 nitrogen and oxygen atoms in total. The van der Waals surface area contributed by atoms with E-state index in [1.165, 1.54) is 6.26 Å². The Bertz CT molecular complexity index is 1620. The first-order valence-corrected chi connectivity index (χ1v) is 14.7. The van der Waals surface area contributed by atoms with Crippen molar-refractivity contribution in [2.75, 3.05) is 37.2 Å². The number of hydrogen-bond acceptors (Lipinski definition) is 10. The monoisotopic (exact) mass is 552 g/mol. The van der Waals surface area contributed by atoms with Crippen LogP contribution in [0.1, 0.15) is 19.5 Å². The summed E-state index contributed by atoms with van der Waals surface area (Å²) in [5.74, 6) is 1.70. The maximum Gasteiger partial charge on any atom is 0.217 e. The Morgan fingerprint density at radius 1 is 1.21 bits per heavy atom. The molecule has 1 fully saturated rings. The number of methoxy groups -OCH3 is 1. The zero-order valence-electron chi connectivity index (χ0n) is 22.6. The molecule has 12 heteroatoms. The van der Waals surface area contributed by atoms with Gasteiger partial charge >= 0.3 is 0 Å². The van der Waals surface area contributed by atoms with E-state index in [-0.39, 0.29) is 24.3 Å². The maximum absolute atomic E-state index is 11.9. The quantitative estimate of drug-likeness (QED) is 0.330. The number of fused-ring (bicyclic) bond motifs is 1. The zero-order chi connectivity index (χ0) is 27.9. The highest BCUT2D eigenvalue weighted by molar-refractivity contribution is 7.90. The number of aliphatic hydroxyl groups is 1. The van der Waals surface area contributed by atoms with Crippen LogP contribution in [0.3, 0.4) is 0 Å². The van der Waals surface area contributed by atoms with E-state index < -0.39 is 15.9 Å². The van der Waals surface area contributed by atoms with Gasteiger partial charge in [-0.15, -0.1) is 0 Å². The van der Waals surface area contributed by atoms with E-state index in [1.54, 1.807) is 43.4 Å². The number of aromatic nitrogens is 5. The summed E-state index contributed by atoms with van der Waals surface area (Å²) in [6.07, 6.45) is 5.94. The molecule has 206 valence electrons. The number of pyridine rings is 3. The van der Waals surface area contributed by atoms with E-state index in [9.17, 15) is 13.5 Å². The fourth-order valence-electron chi connectivity index (χ4n) is 4.92. The minimum atomic E-state index is -3.08. The highest BCUT2D eigenvalue weighted by Gasteiger charge is 2.38. The van der Waals surface area contributed by atoms with E-state index in [0.29, 0.717) is 29.7 Å². The van der Waals surface area contributed by atoms with Crippen LogP contribution in [0.2, 0.25) is 0 Å². The van der Waals surface area contributed by atoms with Gasteiger partial charge < -0.3 is 19.5 Å². The highest BCUT2D eigenvalue weighted by Crippen LogP contribution is 2.36. The topological polar surface area (TPSA) is 133 Å². The van der Waals surface area contributed by atoms with Crippen molar-refractivity contribution in [3.63, 3.8) is 0 Å². The van der Waals surface area contributed by atoms with E-state index in [0.717, 1.165) is 27.8 Å². The first-order valence-electron chi connectivity index (χ1n) is 12.7. The van der Waals surface area contributed by atoms with Gasteiger partial charge in [0.05, 0.1) is 42.4 Å². The number of aryl methyl sites for hydroxylation is 1. The minimum absolute atomic E-state index is 0.0172. The lowest BCUT2D eigenvalue weighted by Gasteiger charge is -2.48. The molecule has 0 aromatic carbocycles. The Labute approximate surface area is 227 Å². The van der Waals surface area contributed by atoms with Crippen molar-refractivity contribution >= 4 is 26.4 Å². The lowest BCUT2D eigenvalue weighted by Crippen LogP contribution is -2.57. The van der Waals surface area contributed by atoms with Crippen molar-refractivity contribution in [2.45, 2.75) is 32.9 Å². The molecule has 1 saturated heterocycles. The molecule has 5 rings (SSSR count). The summed E-state index contributed by atoms with van der Waals surface area (Å²) >= 11 is 0. The van der Waals surface area contributed by atoms with Gasteiger partial charge in [0, 0.05) is 66.1 Å². The second-order valence-corrected chi connectivity index (χ2v) is 12.2. The number of anilines is 1. The van der Waals surface area contributed by atoms with Gasteiger partial charge in [-0.3, -0.25) is 9.97 Å². The van der Waals surface area contributed by atoms with Gasteiger partial charge in [-0.25, -0.2) is 13.1 Å². The molecule has 0 aliphatic carbocycles. The minimum Gasteiger partial charge on any atom is -0.496 e. The summed E-state index contributed by atoms with van der Waals surface area (Å²) in [5, 5.41) is 15.1. The third kappa shape index (κ3) is 5.39. The number of ether oxygens (including phenoxy) is 2. The molecule has 1 N–H and O–H groups in total. The molecular weight excluding hydrogens is 520 g/mol. The predicted molar refractivity (Wildman–Crippen MR) is 148 cm³/mol. The van der Waals surface area contributed by atoms with Gasteiger partial charge in [-0.1, -0.05) is 0 Å². The molecule has 4 aromatic rings. The van der Waals surface area contributed by atoms with Crippen molar-refractivity contribution in [1.82, 2.24) is 24.7 Å². The summed E-state index contributed by atoms with van der Waals surface area (Å²) in [7, 11) is -1.47. The van der Waals surface area contributed by atoms with Crippen LogP contribution in [0.15, 0.2) is 42.9 Å². The average molecular weight is 553 g/mol. The van der Waals surface area contributed by atoms with Crippen molar-refractivity contribution in [3.05, 3.63) is 48.5 Å². The molecule has 1 unspecified atom stereocenters. The van der Waals surface area contributed by atoms with Crippen LogP contribution < -0.4 is 14.4 Å². The number of sulfone groups is 1. The van der Waals surface area contributed by atoms with Gasteiger partial charge in [-0.05, 0) is 32.9 Å². The molecule has 39 heavy (non-hydrogen) atoms. The number of nitrogens with zero attached hydrogens (tertiary/aromatic N) is 6. The summed E-state index contributed by atoms with van der Waals surface area (Å²) in [6, 6.07) is 7.46. The number of aliphatic hydroxyl groups excluding tert-OH is 1. The molecule has 0 saturated carbocycles. The van der Waals surface area contributed by atoms with Gasteiger partial charge in [0.15, 0.2) is 5.82 Å². The molecule has 0 spiro atoms. The van der Waals surface area contributed by atoms with Crippen molar-refractivity contribution in [3.8, 4) is 28.7 Å². The van der Waals surface area contributed by atoms with Gasteiger partial charge in [0.1, 0.15) is 21.7 Å². The molecule has 4 aromatic heterocycles. The summed E-state index contributed by atoms with van der Waals surface area (Å²) in [4.78, 5) is 15.8. The van der Waals surface area contributed by atoms with Gasteiger partial charge in [-0.2, -0.15) is 10.1 Å². The smallest absolute Gasteiger partial charge is 0.217 e. The fraction of sp³-hybridized carbons (Fsp3) is 0.407. The zero-order valence-corrected chi connectivity index (χ0v) is 23.4. The van der Waals surface area contributed by atoms with E-state index in [2.05, 4.69) is 15.0 Å². The van der Waals surface area contributed by atoms with Crippen LogP contribution in [-0.4, -0.2) is 82.7 Å². The Hall–Kier alpha value is -3.77. The summed E-state index contributed by atoms with van der Waals surface area (Å²) in [5.41, 5.74) is 3.86. The van der Waals surface area contributed by atoms with Crippen LogP contribution in [0.25, 0.3) is 28.0 Å². The number of rotatable bonds is 9. The summed E-state index contributed by atoms with van der Waals surface area (Å²) in [6.45, 7) is 6.13. The van der Waals surface area contributed by atoms with Crippen molar-refractivity contribution in [2.24, 2.45) is 5.92 Å². The lowest BCUT2D eigenvalue weighted by atomic mass is 9.91.